The van der Waals surface area contributed by atoms with Crippen LogP contribution in [0.4, 0.5) is 17.6 Å². The van der Waals surface area contributed by atoms with E-state index in [-0.39, 0.29) is 10.2 Å². The molecule has 0 spiro atoms. The van der Waals surface area contributed by atoms with E-state index in [1.165, 1.54) is 0 Å². The lowest BCUT2D eigenvalue weighted by Gasteiger charge is -2.36. The summed E-state index contributed by atoms with van der Waals surface area (Å²) < 4.78 is 69.6. The monoisotopic (exact) mass is 403 g/mol. The number of hydrogen-bond acceptors (Lipinski definition) is 1. The van der Waals surface area contributed by atoms with Crippen molar-refractivity contribution in [2.45, 2.75) is 45.1 Å². The van der Waals surface area contributed by atoms with Crippen LogP contribution in [0.15, 0.2) is 16.6 Å². The van der Waals surface area contributed by atoms with E-state index in [0.29, 0.717) is 19.4 Å². The Labute approximate surface area is 138 Å². The fraction of sp³-hybridized carbons (Fsp3) is 0.571. The van der Waals surface area contributed by atoms with Crippen LogP contribution in [0.25, 0.3) is 0 Å². The summed E-state index contributed by atoms with van der Waals surface area (Å²) in [6.45, 7) is 3.54. The molecule has 1 unspecified atom stereocenters. The van der Waals surface area contributed by atoms with Crippen molar-refractivity contribution in [3.05, 3.63) is 33.8 Å². The van der Waals surface area contributed by atoms with Crippen LogP contribution in [-0.2, 0) is 16.5 Å². The van der Waals surface area contributed by atoms with Gasteiger partial charge in [-0.15, -0.1) is 0 Å². The molecule has 0 aromatic heterocycles. The highest BCUT2D eigenvalue weighted by Crippen LogP contribution is 2.40. The molecule has 22 heavy (non-hydrogen) atoms. The zero-order valence-electron chi connectivity index (χ0n) is 12.5. The van der Waals surface area contributed by atoms with Crippen molar-refractivity contribution in [3.8, 4) is 0 Å². The number of halogens is 5. The summed E-state index contributed by atoms with van der Waals surface area (Å²) in [5.41, 5.74) is -2.68. The van der Waals surface area contributed by atoms with Crippen LogP contribution in [0.3, 0.4) is 0 Å². The molecule has 0 fully saturated rings. The van der Waals surface area contributed by atoms with Gasteiger partial charge in [0.25, 0.3) is 5.92 Å². The maximum Gasteiger partial charge on any atom is 0.267 e. The van der Waals surface area contributed by atoms with E-state index in [1.807, 2.05) is 6.92 Å². The van der Waals surface area contributed by atoms with Crippen LogP contribution in [-0.4, -0.2) is 15.9 Å². The minimum atomic E-state index is -3.42. The molecule has 8 heteroatoms. The summed E-state index contributed by atoms with van der Waals surface area (Å²) in [4.78, 5) is 0. The van der Waals surface area contributed by atoms with E-state index in [2.05, 4.69) is 20.7 Å². The normalized spacial score (nSPS) is 16.4. The molecule has 1 rings (SSSR count). The Bertz CT molecular complexity index is 565. The highest BCUT2D eigenvalue weighted by Gasteiger charge is 2.50. The molecule has 126 valence electrons. The lowest BCUT2D eigenvalue weighted by molar-refractivity contribution is -0.0608. The van der Waals surface area contributed by atoms with Crippen LogP contribution >= 0.6 is 15.9 Å². The third-order valence-corrected chi connectivity index (χ3v) is 5.33. The molecule has 0 radical (unpaired) electrons. The summed E-state index contributed by atoms with van der Waals surface area (Å²) >= 11 is 2.86. The van der Waals surface area contributed by atoms with Gasteiger partial charge >= 0.3 is 0 Å². The second-order valence-electron chi connectivity index (χ2n) is 5.26. The van der Waals surface area contributed by atoms with Crippen molar-refractivity contribution in [2.75, 3.05) is 5.75 Å². The summed E-state index contributed by atoms with van der Waals surface area (Å²) in [6, 6.07) is 1.48. The summed E-state index contributed by atoms with van der Waals surface area (Å²) in [5.74, 6) is -5.26. The first-order chi connectivity index (χ1) is 10.0. The largest absolute Gasteiger partial charge is 0.267 e. The average molecular weight is 404 g/mol. The first-order valence-electron chi connectivity index (χ1n) is 6.72. The van der Waals surface area contributed by atoms with Gasteiger partial charge < -0.3 is 0 Å². The Morgan fingerprint density at radius 1 is 1.23 bits per heavy atom. The molecule has 0 saturated heterocycles. The Balaban J connectivity index is 3.29. The quantitative estimate of drug-likeness (QED) is 0.520. The van der Waals surface area contributed by atoms with Gasteiger partial charge in [0.15, 0.2) is 0 Å². The van der Waals surface area contributed by atoms with Crippen molar-refractivity contribution >= 4 is 26.9 Å². The van der Waals surface area contributed by atoms with Gasteiger partial charge in [-0.1, -0.05) is 13.3 Å². The zero-order chi connectivity index (χ0) is 17.1. The second kappa shape index (κ2) is 7.40. The summed E-state index contributed by atoms with van der Waals surface area (Å²) in [6.07, 6.45) is 1.34. The van der Waals surface area contributed by atoms with Crippen LogP contribution in [0.1, 0.15) is 39.2 Å². The molecular weight excluding hydrogens is 386 g/mol. The minimum absolute atomic E-state index is 0.138. The lowest BCUT2D eigenvalue weighted by atomic mass is 9.87. The highest BCUT2D eigenvalue weighted by molar-refractivity contribution is 9.10. The topological polar surface area (TPSA) is 29.1 Å². The molecular formula is C14H18BrF4NOS. The molecule has 0 amide bonds. The third kappa shape index (κ3) is 4.29. The summed E-state index contributed by atoms with van der Waals surface area (Å²) in [5, 5.41) is 0. The van der Waals surface area contributed by atoms with Crippen molar-refractivity contribution in [3.63, 3.8) is 0 Å². The fourth-order valence-corrected chi connectivity index (χ4v) is 3.58. The predicted molar refractivity (Wildman–Crippen MR) is 83.1 cm³/mol. The Hall–Kier alpha value is -0.470. The number of benzene rings is 1. The molecule has 2 atom stereocenters. The van der Waals surface area contributed by atoms with Gasteiger partial charge in [-0.25, -0.2) is 26.5 Å². The second-order valence-corrected chi connectivity index (χ2v) is 7.42. The third-order valence-electron chi connectivity index (χ3n) is 3.43. The maximum atomic E-state index is 14.1. The van der Waals surface area contributed by atoms with E-state index < -0.39 is 39.6 Å². The molecule has 0 aliphatic carbocycles. The van der Waals surface area contributed by atoms with Crippen molar-refractivity contribution in [1.82, 2.24) is 4.72 Å². The van der Waals surface area contributed by atoms with Gasteiger partial charge in [0.1, 0.15) is 17.2 Å². The molecule has 0 bridgehead atoms. The van der Waals surface area contributed by atoms with E-state index >= 15 is 0 Å². The van der Waals surface area contributed by atoms with Gasteiger partial charge in [0.2, 0.25) is 0 Å². The Morgan fingerprint density at radius 3 is 2.32 bits per heavy atom. The number of alkyl halides is 2. The molecule has 0 aliphatic heterocycles. The maximum absolute atomic E-state index is 14.1. The number of hydrogen-bond donors (Lipinski definition) is 1. The van der Waals surface area contributed by atoms with E-state index in [9.17, 15) is 21.8 Å². The van der Waals surface area contributed by atoms with Crippen molar-refractivity contribution < 1.29 is 21.8 Å². The predicted octanol–water partition coefficient (Wildman–Crippen LogP) is 4.65. The molecule has 0 aliphatic rings. The molecule has 0 saturated carbocycles. The zero-order valence-corrected chi connectivity index (χ0v) is 14.9. The van der Waals surface area contributed by atoms with Gasteiger partial charge in [-0.2, -0.15) is 0 Å². The molecule has 2 nitrogen and oxygen atoms in total. The lowest BCUT2D eigenvalue weighted by Crippen LogP contribution is -2.53. The smallest absolute Gasteiger partial charge is 0.243 e. The number of unbranched alkanes of at least 4 members (excludes halogenated alkanes) is 1. The van der Waals surface area contributed by atoms with Gasteiger partial charge in [0, 0.05) is 24.3 Å². The van der Waals surface area contributed by atoms with Crippen LogP contribution in [0, 0.1) is 11.6 Å². The minimum Gasteiger partial charge on any atom is -0.243 e. The van der Waals surface area contributed by atoms with Crippen LogP contribution in [0.5, 0.6) is 0 Å². The van der Waals surface area contributed by atoms with Gasteiger partial charge in [0.05, 0.1) is 15.5 Å². The first-order valence-corrected chi connectivity index (χ1v) is 8.83. The summed E-state index contributed by atoms with van der Waals surface area (Å²) in [7, 11) is -1.76. The van der Waals surface area contributed by atoms with E-state index in [0.717, 1.165) is 19.4 Å². The molecule has 0 heterocycles. The average Bonchev–Trinajstić information content (AvgIpc) is 2.39. The van der Waals surface area contributed by atoms with Crippen molar-refractivity contribution in [1.29, 1.82) is 0 Å². The SMILES string of the molecule is CCCCS(=O)N[C@](C)(c1cc(Br)c(F)cc1F)C(C)(F)F. The highest BCUT2D eigenvalue weighted by atomic mass is 79.9. The van der Waals surface area contributed by atoms with Crippen molar-refractivity contribution in [2.24, 2.45) is 0 Å². The molecule has 1 aromatic carbocycles. The van der Waals surface area contributed by atoms with E-state index in [4.69, 9.17) is 0 Å². The van der Waals surface area contributed by atoms with E-state index in [1.54, 1.807) is 0 Å². The van der Waals surface area contributed by atoms with Gasteiger partial charge in [-0.05, 0) is 35.3 Å². The Kier molecular flexibility index (Phi) is 6.58. The molecule has 1 N–H and O–H groups in total. The Morgan fingerprint density at radius 2 is 1.82 bits per heavy atom. The van der Waals surface area contributed by atoms with Crippen LogP contribution < -0.4 is 4.72 Å². The number of nitrogens with one attached hydrogen (secondary N) is 1. The fourth-order valence-electron chi connectivity index (χ4n) is 1.84. The van der Waals surface area contributed by atoms with Crippen LogP contribution in [0.2, 0.25) is 0 Å². The standard InChI is InChI=1S/C14H18BrF4NOS/c1-4-5-6-22(21)20-13(2,14(3,18)19)9-7-10(15)12(17)8-11(9)16/h7-8,20H,4-6H2,1-3H3/t13-,22?/m1/s1. The number of rotatable bonds is 7. The molecule has 1 aromatic rings. The van der Waals surface area contributed by atoms with Gasteiger partial charge in [-0.3, -0.25) is 0 Å². The first kappa shape index (κ1) is 19.6.